The molecule has 0 saturated heterocycles. The average Bonchev–Trinajstić information content (AvgIpc) is 2.75. The Balaban J connectivity index is 2.00. The number of nitrogens with zero attached hydrogens (tertiary/aromatic N) is 1. The van der Waals surface area contributed by atoms with Gasteiger partial charge in [-0.05, 0) is 44.5 Å². The monoisotopic (exact) mass is 439 g/mol. The molecule has 32 heavy (non-hydrogen) atoms. The minimum atomic E-state index is -0.858. The molecule has 1 atom stereocenters. The number of amides is 2. The summed E-state index contributed by atoms with van der Waals surface area (Å²) >= 11 is 0. The number of hydrogen-bond acceptors (Lipinski definition) is 6. The van der Waals surface area contributed by atoms with E-state index < -0.39 is 23.8 Å². The molecule has 0 radical (unpaired) electrons. The summed E-state index contributed by atoms with van der Waals surface area (Å²) in [6.07, 6.45) is 1.58. The third-order valence-corrected chi connectivity index (χ3v) is 4.47. The summed E-state index contributed by atoms with van der Waals surface area (Å²) < 4.78 is 5.11. The molecular formula is C23H29N5O4. The van der Waals surface area contributed by atoms with Gasteiger partial charge in [0.1, 0.15) is 12.4 Å². The predicted octanol–water partition coefficient (Wildman–Crippen LogP) is 1.64. The van der Waals surface area contributed by atoms with Gasteiger partial charge in [0.2, 0.25) is 5.91 Å². The lowest BCUT2D eigenvalue weighted by molar-refractivity contribution is -0.147. The van der Waals surface area contributed by atoms with Crippen LogP contribution >= 0.6 is 0 Å². The number of ether oxygens (including phenoxy) is 1. The second kappa shape index (κ2) is 12.1. The molecule has 0 bridgehead atoms. The van der Waals surface area contributed by atoms with Gasteiger partial charge in [0.15, 0.2) is 0 Å². The lowest BCUT2D eigenvalue weighted by Gasteiger charge is -2.18. The van der Waals surface area contributed by atoms with E-state index in [4.69, 9.17) is 10.6 Å². The summed E-state index contributed by atoms with van der Waals surface area (Å²) in [5.41, 5.74) is 4.01. The molecule has 170 valence electrons. The lowest BCUT2D eigenvalue weighted by atomic mass is 10.0. The van der Waals surface area contributed by atoms with Crippen molar-refractivity contribution in [1.82, 2.24) is 10.6 Å². The molecular weight excluding hydrogens is 410 g/mol. The molecule has 0 aliphatic heterocycles. The SMILES string of the molecule is CCOC(=O)C(Cc1cc(C)cc(C)c1)NC(=O)CNC(=O)c1cccc(NC=NN)c1. The van der Waals surface area contributed by atoms with E-state index >= 15 is 0 Å². The van der Waals surface area contributed by atoms with Gasteiger partial charge in [0.25, 0.3) is 5.91 Å². The number of hydrazone groups is 1. The topological polar surface area (TPSA) is 135 Å². The molecule has 0 aromatic heterocycles. The summed E-state index contributed by atoms with van der Waals surface area (Å²) in [7, 11) is 0. The van der Waals surface area contributed by atoms with Crippen LogP contribution in [0.4, 0.5) is 5.69 Å². The van der Waals surface area contributed by atoms with Crippen LogP contribution < -0.4 is 21.8 Å². The number of hydrogen-bond donors (Lipinski definition) is 4. The number of benzene rings is 2. The molecule has 1 unspecified atom stereocenters. The smallest absolute Gasteiger partial charge is 0.328 e. The van der Waals surface area contributed by atoms with E-state index in [2.05, 4.69) is 21.1 Å². The number of carbonyl (C=O) groups is 3. The van der Waals surface area contributed by atoms with Crippen LogP contribution in [-0.4, -0.2) is 43.3 Å². The summed E-state index contributed by atoms with van der Waals surface area (Å²) in [4.78, 5) is 37.2. The van der Waals surface area contributed by atoms with E-state index in [1.165, 1.54) is 6.34 Å². The van der Waals surface area contributed by atoms with E-state index in [0.29, 0.717) is 11.3 Å². The number of carbonyl (C=O) groups excluding carboxylic acids is 3. The molecule has 0 saturated carbocycles. The minimum Gasteiger partial charge on any atom is -0.464 e. The van der Waals surface area contributed by atoms with Crippen LogP contribution in [0.15, 0.2) is 47.6 Å². The first kappa shape index (κ1) is 24.4. The summed E-state index contributed by atoms with van der Waals surface area (Å²) in [6.45, 7) is 5.56. The minimum absolute atomic E-state index is 0.202. The Morgan fingerprint density at radius 3 is 2.50 bits per heavy atom. The zero-order valence-corrected chi connectivity index (χ0v) is 18.5. The van der Waals surface area contributed by atoms with Gasteiger partial charge < -0.3 is 26.5 Å². The molecule has 0 aliphatic rings. The molecule has 2 amide bonds. The Morgan fingerprint density at radius 1 is 1.12 bits per heavy atom. The molecule has 9 nitrogen and oxygen atoms in total. The van der Waals surface area contributed by atoms with E-state index in [-0.39, 0.29) is 19.6 Å². The van der Waals surface area contributed by atoms with Gasteiger partial charge in [-0.15, -0.1) is 0 Å². The fourth-order valence-corrected chi connectivity index (χ4v) is 3.23. The average molecular weight is 440 g/mol. The van der Waals surface area contributed by atoms with Gasteiger partial charge in [-0.2, -0.15) is 5.10 Å². The van der Waals surface area contributed by atoms with E-state index in [0.717, 1.165) is 16.7 Å². The second-order valence-electron chi connectivity index (χ2n) is 7.26. The van der Waals surface area contributed by atoms with Crippen LogP contribution in [0.5, 0.6) is 0 Å². The van der Waals surface area contributed by atoms with Crippen LogP contribution in [0.3, 0.4) is 0 Å². The Kier molecular flexibility index (Phi) is 9.22. The van der Waals surface area contributed by atoms with E-state index in [9.17, 15) is 14.4 Å². The Labute approximate surface area is 187 Å². The first-order valence-corrected chi connectivity index (χ1v) is 10.2. The van der Waals surface area contributed by atoms with Crippen molar-refractivity contribution in [3.63, 3.8) is 0 Å². The quantitative estimate of drug-likeness (QED) is 0.146. The standard InChI is InChI=1S/C23H29N5O4/c1-4-32-23(31)20(11-17-9-15(2)8-16(3)10-17)28-21(29)13-25-22(30)18-6-5-7-19(12-18)26-14-27-24/h5-10,12,14,20H,4,11,13,24H2,1-3H3,(H,25,30)(H,26,27)(H,28,29). The molecule has 5 N–H and O–H groups in total. The number of esters is 1. The third-order valence-electron chi connectivity index (χ3n) is 4.47. The third kappa shape index (κ3) is 7.75. The number of rotatable bonds is 10. The Morgan fingerprint density at radius 2 is 1.84 bits per heavy atom. The number of nitrogens with two attached hydrogens (primary N) is 1. The van der Waals surface area contributed by atoms with Crippen molar-refractivity contribution in [3.05, 3.63) is 64.7 Å². The van der Waals surface area contributed by atoms with Crippen molar-refractivity contribution in [3.8, 4) is 0 Å². The van der Waals surface area contributed by atoms with E-state index in [1.807, 2.05) is 32.0 Å². The highest BCUT2D eigenvalue weighted by Gasteiger charge is 2.23. The van der Waals surface area contributed by atoms with Gasteiger partial charge in [0, 0.05) is 17.7 Å². The van der Waals surface area contributed by atoms with Gasteiger partial charge in [-0.1, -0.05) is 35.4 Å². The maximum Gasteiger partial charge on any atom is 0.328 e. The summed E-state index contributed by atoms with van der Waals surface area (Å²) in [5, 5.41) is 11.4. The van der Waals surface area contributed by atoms with Gasteiger partial charge in [0.05, 0.1) is 13.2 Å². The van der Waals surface area contributed by atoms with E-state index in [1.54, 1.807) is 31.2 Å². The van der Waals surface area contributed by atoms with Crippen molar-refractivity contribution in [2.75, 3.05) is 18.5 Å². The van der Waals surface area contributed by atoms with Crippen LogP contribution in [0.25, 0.3) is 0 Å². The first-order valence-electron chi connectivity index (χ1n) is 10.2. The van der Waals surface area contributed by atoms with Crippen LogP contribution in [0.1, 0.15) is 34.0 Å². The highest BCUT2D eigenvalue weighted by Crippen LogP contribution is 2.12. The van der Waals surface area contributed by atoms with Crippen molar-refractivity contribution >= 4 is 29.8 Å². The molecule has 0 spiro atoms. The van der Waals surface area contributed by atoms with Crippen molar-refractivity contribution < 1.29 is 19.1 Å². The highest BCUT2D eigenvalue weighted by atomic mass is 16.5. The van der Waals surface area contributed by atoms with Crippen LogP contribution in [0.2, 0.25) is 0 Å². The molecule has 2 aromatic rings. The van der Waals surface area contributed by atoms with Crippen molar-refractivity contribution in [1.29, 1.82) is 0 Å². The maximum absolute atomic E-state index is 12.5. The summed E-state index contributed by atoms with van der Waals surface area (Å²) in [5.74, 6) is 3.60. The normalized spacial score (nSPS) is 11.6. The van der Waals surface area contributed by atoms with Gasteiger partial charge >= 0.3 is 5.97 Å². The lowest BCUT2D eigenvalue weighted by Crippen LogP contribution is -2.47. The number of nitrogens with one attached hydrogen (secondary N) is 3. The zero-order chi connectivity index (χ0) is 23.5. The molecule has 0 fully saturated rings. The molecule has 9 heteroatoms. The fraction of sp³-hybridized carbons (Fsp3) is 0.304. The second-order valence-corrected chi connectivity index (χ2v) is 7.26. The Hall–Kier alpha value is -3.88. The maximum atomic E-state index is 12.5. The van der Waals surface area contributed by atoms with Crippen LogP contribution in [0, 0.1) is 13.8 Å². The predicted molar refractivity (Wildman–Crippen MR) is 123 cm³/mol. The molecule has 0 aliphatic carbocycles. The molecule has 0 heterocycles. The van der Waals surface area contributed by atoms with Crippen LogP contribution in [-0.2, 0) is 20.7 Å². The van der Waals surface area contributed by atoms with Gasteiger partial charge in [-0.25, -0.2) is 4.79 Å². The highest BCUT2D eigenvalue weighted by molar-refractivity contribution is 5.98. The first-order chi connectivity index (χ1) is 15.3. The van der Waals surface area contributed by atoms with Gasteiger partial charge in [-0.3, -0.25) is 9.59 Å². The summed E-state index contributed by atoms with van der Waals surface area (Å²) in [6, 6.07) is 11.7. The van der Waals surface area contributed by atoms with Crippen molar-refractivity contribution in [2.24, 2.45) is 10.9 Å². The Bertz CT molecular complexity index is 970. The number of aryl methyl sites for hydroxylation is 2. The van der Waals surface area contributed by atoms with Crippen molar-refractivity contribution in [2.45, 2.75) is 33.2 Å². The number of anilines is 1. The largest absolute Gasteiger partial charge is 0.464 e. The molecule has 2 aromatic carbocycles. The zero-order valence-electron chi connectivity index (χ0n) is 18.5. The fourth-order valence-electron chi connectivity index (χ4n) is 3.23. The molecule has 2 rings (SSSR count).